The van der Waals surface area contributed by atoms with Crippen LogP contribution < -0.4 is 4.74 Å². The summed E-state index contributed by atoms with van der Waals surface area (Å²) in [5, 5.41) is 0. The standard InChI is InChI=1S/C22H9F7O2/c1-10-4-14(23)13(15(24)5-10)3-2-11-6-16(25)20(17(26)7-11)22(30)31-12-8-18(27)21(29)19(28)9-12/h4-9H,1H3. The lowest BCUT2D eigenvalue weighted by molar-refractivity contribution is 0.0723. The smallest absolute Gasteiger partial charge is 0.349 e. The highest BCUT2D eigenvalue weighted by atomic mass is 19.2. The zero-order valence-corrected chi connectivity index (χ0v) is 15.4. The zero-order valence-electron chi connectivity index (χ0n) is 15.4. The molecule has 0 unspecified atom stereocenters. The van der Waals surface area contributed by atoms with Crippen LogP contribution in [0.5, 0.6) is 5.75 Å². The van der Waals surface area contributed by atoms with E-state index in [4.69, 9.17) is 0 Å². The fourth-order valence-electron chi connectivity index (χ4n) is 2.54. The molecule has 9 heteroatoms. The van der Waals surface area contributed by atoms with Gasteiger partial charge in [-0.3, -0.25) is 0 Å². The second-order valence-electron chi connectivity index (χ2n) is 6.26. The lowest BCUT2D eigenvalue weighted by atomic mass is 10.1. The minimum atomic E-state index is -1.82. The summed E-state index contributed by atoms with van der Waals surface area (Å²) in [5.41, 5.74) is -1.88. The van der Waals surface area contributed by atoms with Crippen molar-refractivity contribution < 1.29 is 40.3 Å². The molecule has 0 spiro atoms. The van der Waals surface area contributed by atoms with E-state index in [-0.39, 0.29) is 5.56 Å². The second-order valence-corrected chi connectivity index (χ2v) is 6.26. The maximum atomic E-state index is 14.3. The van der Waals surface area contributed by atoms with Gasteiger partial charge in [0.15, 0.2) is 17.5 Å². The summed E-state index contributed by atoms with van der Waals surface area (Å²) >= 11 is 0. The molecule has 0 N–H and O–H groups in total. The summed E-state index contributed by atoms with van der Waals surface area (Å²) in [6.07, 6.45) is 0. The van der Waals surface area contributed by atoms with E-state index in [1.54, 1.807) is 0 Å². The van der Waals surface area contributed by atoms with Gasteiger partial charge in [0.05, 0.1) is 5.56 Å². The molecule has 0 atom stereocenters. The van der Waals surface area contributed by atoms with Crippen LogP contribution in [0.3, 0.4) is 0 Å². The van der Waals surface area contributed by atoms with Crippen LogP contribution in [-0.2, 0) is 0 Å². The van der Waals surface area contributed by atoms with Crippen LogP contribution in [0, 0.1) is 59.5 Å². The molecule has 0 radical (unpaired) electrons. The Morgan fingerprint density at radius 2 is 1.23 bits per heavy atom. The Kier molecular flexibility index (Phi) is 6.02. The van der Waals surface area contributed by atoms with Crippen molar-refractivity contribution in [2.45, 2.75) is 6.92 Å². The number of hydrogen-bond acceptors (Lipinski definition) is 2. The minimum Gasteiger partial charge on any atom is -0.423 e. The number of halogens is 7. The average Bonchev–Trinajstić information content (AvgIpc) is 2.64. The molecule has 0 amide bonds. The molecule has 3 rings (SSSR count). The van der Waals surface area contributed by atoms with Crippen LogP contribution in [-0.4, -0.2) is 5.97 Å². The summed E-state index contributed by atoms with van der Waals surface area (Å²) in [5.74, 6) is -8.20. The number of ether oxygens (including phenoxy) is 1. The van der Waals surface area contributed by atoms with Gasteiger partial charge in [-0.1, -0.05) is 11.8 Å². The first-order valence-corrected chi connectivity index (χ1v) is 8.40. The summed E-state index contributed by atoms with van der Waals surface area (Å²) in [7, 11) is 0. The SMILES string of the molecule is Cc1cc(F)c(C#Cc2cc(F)c(C(=O)Oc3cc(F)c(F)c(F)c3)c(F)c2)c(F)c1. The van der Waals surface area contributed by atoms with Crippen LogP contribution in [0.2, 0.25) is 0 Å². The van der Waals surface area contributed by atoms with Gasteiger partial charge in [0.2, 0.25) is 0 Å². The molecule has 0 aliphatic rings. The number of carbonyl (C=O) groups excluding carboxylic acids is 1. The minimum absolute atomic E-state index is 0.307. The topological polar surface area (TPSA) is 26.3 Å². The van der Waals surface area contributed by atoms with E-state index in [2.05, 4.69) is 16.6 Å². The molecule has 0 saturated heterocycles. The van der Waals surface area contributed by atoms with E-state index >= 15 is 0 Å². The van der Waals surface area contributed by atoms with Gasteiger partial charge in [-0.2, -0.15) is 0 Å². The summed E-state index contributed by atoms with van der Waals surface area (Å²) in [6, 6.07) is 3.88. The van der Waals surface area contributed by atoms with Crippen LogP contribution in [0.1, 0.15) is 27.0 Å². The normalized spacial score (nSPS) is 10.5. The van der Waals surface area contributed by atoms with Crippen molar-refractivity contribution in [3.8, 4) is 17.6 Å². The third kappa shape index (κ3) is 4.69. The molecule has 31 heavy (non-hydrogen) atoms. The van der Waals surface area contributed by atoms with E-state index in [1.165, 1.54) is 6.92 Å². The predicted molar refractivity (Wildman–Crippen MR) is 94.7 cm³/mol. The molecule has 0 bridgehead atoms. The number of rotatable bonds is 2. The van der Waals surface area contributed by atoms with Crippen molar-refractivity contribution >= 4 is 5.97 Å². The molecule has 0 saturated carbocycles. The monoisotopic (exact) mass is 438 g/mol. The van der Waals surface area contributed by atoms with E-state index in [0.29, 0.717) is 29.8 Å². The van der Waals surface area contributed by atoms with Crippen molar-refractivity contribution in [2.24, 2.45) is 0 Å². The molecule has 0 aromatic heterocycles. The zero-order chi connectivity index (χ0) is 22.9. The van der Waals surface area contributed by atoms with Crippen molar-refractivity contribution in [2.75, 3.05) is 0 Å². The van der Waals surface area contributed by atoms with Crippen LogP contribution in [0.15, 0.2) is 36.4 Å². The van der Waals surface area contributed by atoms with E-state index in [0.717, 1.165) is 12.1 Å². The van der Waals surface area contributed by atoms with Gasteiger partial charge in [-0.15, -0.1) is 0 Å². The average molecular weight is 438 g/mol. The first-order valence-electron chi connectivity index (χ1n) is 8.40. The molecular weight excluding hydrogens is 429 g/mol. The Morgan fingerprint density at radius 3 is 1.74 bits per heavy atom. The number of hydrogen-bond donors (Lipinski definition) is 0. The molecule has 3 aromatic rings. The molecule has 0 fully saturated rings. The highest BCUT2D eigenvalue weighted by molar-refractivity contribution is 5.91. The Hall–Kier alpha value is -3.80. The van der Waals surface area contributed by atoms with Crippen molar-refractivity contribution in [1.82, 2.24) is 0 Å². The quantitative estimate of drug-likeness (QED) is 0.172. The van der Waals surface area contributed by atoms with Gasteiger partial charge in [0.25, 0.3) is 0 Å². The number of benzene rings is 3. The van der Waals surface area contributed by atoms with Crippen molar-refractivity contribution in [1.29, 1.82) is 0 Å². The molecule has 0 heterocycles. The van der Waals surface area contributed by atoms with Gasteiger partial charge in [0.1, 0.15) is 34.6 Å². The van der Waals surface area contributed by atoms with Crippen LogP contribution >= 0.6 is 0 Å². The third-order valence-electron chi connectivity index (χ3n) is 3.93. The fourth-order valence-corrected chi connectivity index (χ4v) is 2.54. The molecule has 158 valence electrons. The highest BCUT2D eigenvalue weighted by Crippen LogP contribution is 2.23. The summed E-state index contributed by atoms with van der Waals surface area (Å²) < 4.78 is 99.9. The highest BCUT2D eigenvalue weighted by Gasteiger charge is 2.22. The Bertz CT molecular complexity index is 1200. The predicted octanol–water partition coefficient (Wildman–Crippen LogP) is 5.59. The van der Waals surface area contributed by atoms with Crippen LogP contribution in [0.25, 0.3) is 0 Å². The molecule has 2 nitrogen and oxygen atoms in total. The Morgan fingerprint density at radius 1 is 0.710 bits per heavy atom. The summed E-state index contributed by atoms with van der Waals surface area (Å²) in [6.45, 7) is 1.46. The van der Waals surface area contributed by atoms with Gasteiger partial charge >= 0.3 is 5.97 Å². The lowest BCUT2D eigenvalue weighted by Crippen LogP contribution is -2.14. The van der Waals surface area contributed by atoms with Crippen molar-refractivity contribution in [3.63, 3.8) is 0 Å². The first-order chi connectivity index (χ1) is 14.6. The van der Waals surface area contributed by atoms with Gasteiger partial charge < -0.3 is 4.74 Å². The fraction of sp³-hybridized carbons (Fsp3) is 0.0455. The number of esters is 1. The first kappa shape index (κ1) is 21.9. The molecule has 0 aliphatic heterocycles. The second kappa shape index (κ2) is 8.52. The largest absolute Gasteiger partial charge is 0.423 e. The Balaban J connectivity index is 1.91. The van der Waals surface area contributed by atoms with E-state index in [9.17, 15) is 35.5 Å². The molecular formula is C22H9F7O2. The Labute approximate surface area is 170 Å². The maximum Gasteiger partial charge on any atom is 0.349 e. The van der Waals surface area contributed by atoms with Gasteiger partial charge in [0, 0.05) is 17.7 Å². The van der Waals surface area contributed by atoms with Crippen molar-refractivity contribution in [3.05, 3.63) is 99.4 Å². The number of aryl methyl sites for hydroxylation is 1. The summed E-state index contributed by atoms with van der Waals surface area (Å²) in [4.78, 5) is 12.0. The van der Waals surface area contributed by atoms with E-state index in [1.807, 2.05) is 0 Å². The third-order valence-corrected chi connectivity index (χ3v) is 3.93. The van der Waals surface area contributed by atoms with Crippen LogP contribution in [0.4, 0.5) is 30.7 Å². The van der Waals surface area contributed by atoms with Gasteiger partial charge in [-0.05, 0) is 36.8 Å². The molecule has 3 aromatic carbocycles. The van der Waals surface area contributed by atoms with Gasteiger partial charge in [-0.25, -0.2) is 35.5 Å². The number of carbonyl (C=O) groups is 1. The van der Waals surface area contributed by atoms with E-state index < -0.39 is 63.6 Å². The molecule has 0 aliphatic carbocycles. The lowest BCUT2D eigenvalue weighted by Gasteiger charge is -2.07. The maximum absolute atomic E-state index is 14.3.